The van der Waals surface area contributed by atoms with Gasteiger partial charge >= 0.3 is 0 Å². The van der Waals surface area contributed by atoms with E-state index in [9.17, 15) is 0 Å². The van der Waals surface area contributed by atoms with Gasteiger partial charge in [0.1, 0.15) is 12.2 Å². The van der Waals surface area contributed by atoms with Crippen LogP contribution in [0.1, 0.15) is 11.8 Å². The van der Waals surface area contributed by atoms with Crippen molar-refractivity contribution in [2.24, 2.45) is 0 Å². The van der Waals surface area contributed by atoms with E-state index in [1.165, 1.54) is 0 Å². The molecular formula is C16H12N4O3. The largest absolute Gasteiger partial charge is 0.497 e. The van der Waals surface area contributed by atoms with Crippen LogP contribution in [-0.2, 0) is 6.42 Å². The van der Waals surface area contributed by atoms with Crippen molar-refractivity contribution in [3.05, 3.63) is 54.4 Å². The second-order valence-electron chi connectivity index (χ2n) is 4.84. The van der Waals surface area contributed by atoms with Crippen molar-refractivity contribution in [1.29, 1.82) is 0 Å². The standard InChI is InChI=1S/C16H12N4O3/c1-21-11-6-4-10(5-7-11)16-20-19-14(23-16)9-13-18-15-12(22-13)3-2-8-17-15/h2-8H,9H2,1H3. The Morgan fingerprint density at radius 3 is 2.65 bits per heavy atom. The third-order valence-electron chi connectivity index (χ3n) is 3.32. The number of aromatic nitrogens is 4. The van der Waals surface area contributed by atoms with Gasteiger partial charge in [-0.05, 0) is 36.4 Å². The predicted molar refractivity (Wildman–Crippen MR) is 80.9 cm³/mol. The summed E-state index contributed by atoms with van der Waals surface area (Å²) in [6.45, 7) is 0. The van der Waals surface area contributed by atoms with Gasteiger partial charge in [-0.1, -0.05) is 0 Å². The first-order valence-corrected chi connectivity index (χ1v) is 6.99. The van der Waals surface area contributed by atoms with E-state index in [0.717, 1.165) is 11.3 Å². The molecule has 23 heavy (non-hydrogen) atoms. The molecule has 4 rings (SSSR count). The van der Waals surface area contributed by atoms with Gasteiger partial charge in [0.25, 0.3) is 0 Å². The number of pyridine rings is 1. The maximum atomic E-state index is 5.66. The molecule has 0 radical (unpaired) electrons. The normalized spacial score (nSPS) is 11.0. The molecule has 0 amide bonds. The van der Waals surface area contributed by atoms with Crippen LogP contribution in [0.5, 0.6) is 5.75 Å². The smallest absolute Gasteiger partial charge is 0.247 e. The van der Waals surface area contributed by atoms with E-state index in [1.807, 2.05) is 30.3 Å². The highest BCUT2D eigenvalue weighted by Crippen LogP contribution is 2.22. The molecule has 4 aromatic rings. The molecule has 0 aliphatic rings. The zero-order chi connectivity index (χ0) is 15.6. The van der Waals surface area contributed by atoms with Gasteiger partial charge in [0.15, 0.2) is 11.2 Å². The summed E-state index contributed by atoms with van der Waals surface area (Å²) < 4.78 is 16.4. The molecule has 0 bridgehead atoms. The van der Waals surface area contributed by atoms with Crippen LogP contribution in [0.2, 0.25) is 0 Å². The molecule has 0 saturated carbocycles. The lowest BCUT2D eigenvalue weighted by atomic mass is 10.2. The van der Waals surface area contributed by atoms with Crippen molar-refractivity contribution < 1.29 is 13.6 Å². The van der Waals surface area contributed by atoms with Crippen molar-refractivity contribution >= 4 is 11.2 Å². The fourth-order valence-corrected chi connectivity index (χ4v) is 2.19. The van der Waals surface area contributed by atoms with Gasteiger partial charge in [-0.3, -0.25) is 0 Å². The summed E-state index contributed by atoms with van der Waals surface area (Å²) in [7, 11) is 1.62. The van der Waals surface area contributed by atoms with Crippen molar-refractivity contribution in [3.63, 3.8) is 0 Å². The molecule has 3 aromatic heterocycles. The fourth-order valence-electron chi connectivity index (χ4n) is 2.19. The maximum absolute atomic E-state index is 5.66. The Balaban J connectivity index is 1.57. The molecule has 0 spiro atoms. The van der Waals surface area contributed by atoms with Gasteiger partial charge in [0, 0.05) is 11.8 Å². The molecule has 0 unspecified atom stereocenters. The van der Waals surface area contributed by atoms with E-state index in [-0.39, 0.29) is 0 Å². The minimum atomic E-state index is 0.319. The zero-order valence-corrected chi connectivity index (χ0v) is 12.3. The van der Waals surface area contributed by atoms with Gasteiger partial charge in [0.2, 0.25) is 17.7 Å². The molecule has 0 N–H and O–H groups in total. The Labute approximate surface area is 131 Å². The Morgan fingerprint density at radius 2 is 1.87 bits per heavy atom. The summed E-state index contributed by atoms with van der Waals surface area (Å²) in [6, 6.07) is 11.0. The van der Waals surface area contributed by atoms with Crippen molar-refractivity contribution in [1.82, 2.24) is 20.2 Å². The minimum Gasteiger partial charge on any atom is -0.497 e. The number of fused-ring (bicyclic) bond motifs is 1. The summed E-state index contributed by atoms with van der Waals surface area (Å²) in [4.78, 5) is 8.42. The van der Waals surface area contributed by atoms with Gasteiger partial charge in [-0.2, -0.15) is 4.98 Å². The zero-order valence-electron chi connectivity index (χ0n) is 12.3. The molecular weight excluding hydrogens is 296 g/mol. The van der Waals surface area contributed by atoms with Crippen LogP contribution in [-0.4, -0.2) is 27.3 Å². The van der Waals surface area contributed by atoms with Crippen molar-refractivity contribution in [2.45, 2.75) is 6.42 Å². The quantitative estimate of drug-likeness (QED) is 0.572. The van der Waals surface area contributed by atoms with E-state index in [2.05, 4.69) is 20.2 Å². The monoisotopic (exact) mass is 308 g/mol. The van der Waals surface area contributed by atoms with Gasteiger partial charge in [-0.15, -0.1) is 10.2 Å². The average Bonchev–Trinajstić information content (AvgIpc) is 3.21. The lowest BCUT2D eigenvalue weighted by molar-refractivity contribution is 0.415. The summed E-state index contributed by atoms with van der Waals surface area (Å²) in [6.07, 6.45) is 1.99. The van der Waals surface area contributed by atoms with Crippen LogP contribution >= 0.6 is 0 Å². The average molecular weight is 308 g/mol. The van der Waals surface area contributed by atoms with Gasteiger partial charge in [0.05, 0.1) is 7.11 Å². The van der Waals surface area contributed by atoms with Crippen molar-refractivity contribution in [3.8, 4) is 17.2 Å². The second-order valence-corrected chi connectivity index (χ2v) is 4.84. The Bertz CT molecular complexity index is 910. The topological polar surface area (TPSA) is 87.1 Å². The van der Waals surface area contributed by atoms with E-state index < -0.39 is 0 Å². The second kappa shape index (κ2) is 5.53. The van der Waals surface area contributed by atoms with Crippen LogP contribution in [0.3, 0.4) is 0 Å². The third-order valence-corrected chi connectivity index (χ3v) is 3.32. The van der Waals surface area contributed by atoms with Crippen LogP contribution in [0.4, 0.5) is 0 Å². The Kier molecular flexibility index (Phi) is 3.23. The fraction of sp³-hybridized carbons (Fsp3) is 0.125. The highest BCUT2D eigenvalue weighted by molar-refractivity contribution is 5.66. The van der Waals surface area contributed by atoms with E-state index in [1.54, 1.807) is 19.4 Å². The number of ether oxygens (including phenoxy) is 1. The van der Waals surface area contributed by atoms with E-state index in [0.29, 0.717) is 35.3 Å². The highest BCUT2D eigenvalue weighted by Gasteiger charge is 2.13. The molecule has 3 heterocycles. The molecule has 0 atom stereocenters. The number of benzene rings is 1. The maximum Gasteiger partial charge on any atom is 0.247 e. The van der Waals surface area contributed by atoms with Gasteiger partial charge < -0.3 is 13.6 Å². The highest BCUT2D eigenvalue weighted by atomic mass is 16.5. The summed E-state index contributed by atoms with van der Waals surface area (Å²) in [5.41, 5.74) is 2.03. The molecule has 114 valence electrons. The van der Waals surface area contributed by atoms with E-state index in [4.69, 9.17) is 13.6 Å². The number of hydrogen-bond donors (Lipinski definition) is 0. The van der Waals surface area contributed by atoms with Crippen LogP contribution in [0.25, 0.3) is 22.7 Å². The minimum absolute atomic E-state index is 0.319. The Morgan fingerprint density at radius 1 is 1.00 bits per heavy atom. The lowest BCUT2D eigenvalue weighted by Gasteiger charge is -1.99. The lowest BCUT2D eigenvalue weighted by Crippen LogP contribution is -1.88. The number of methoxy groups -OCH3 is 1. The molecule has 0 saturated heterocycles. The summed E-state index contributed by atoms with van der Waals surface area (Å²) >= 11 is 0. The van der Waals surface area contributed by atoms with Crippen LogP contribution in [0, 0.1) is 0 Å². The molecule has 0 aliphatic heterocycles. The predicted octanol–water partition coefficient (Wildman–Crippen LogP) is 2.87. The number of hydrogen-bond acceptors (Lipinski definition) is 7. The van der Waals surface area contributed by atoms with Crippen molar-refractivity contribution in [2.75, 3.05) is 7.11 Å². The molecule has 1 aromatic carbocycles. The SMILES string of the molecule is COc1ccc(-c2nnc(Cc3nc4ncccc4o3)o2)cc1. The first-order chi connectivity index (χ1) is 11.3. The summed E-state index contributed by atoms with van der Waals surface area (Å²) in [5.74, 6) is 2.13. The molecule has 0 aliphatic carbocycles. The van der Waals surface area contributed by atoms with Crippen LogP contribution in [0.15, 0.2) is 51.4 Å². The number of nitrogens with zero attached hydrogens (tertiary/aromatic N) is 4. The first kappa shape index (κ1) is 13.4. The molecule has 0 fully saturated rings. The summed E-state index contributed by atoms with van der Waals surface area (Å²) in [5, 5.41) is 8.08. The molecule has 7 nitrogen and oxygen atoms in total. The number of oxazole rings is 1. The molecule has 7 heteroatoms. The Hall–Kier alpha value is -3.22. The first-order valence-electron chi connectivity index (χ1n) is 6.99. The van der Waals surface area contributed by atoms with E-state index >= 15 is 0 Å². The third kappa shape index (κ3) is 2.64. The number of rotatable bonds is 4. The van der Waals surface area contributed by atoms with Crippen LogP contribution < -0.4 is 4.74 Å². The van der Waals surface area contributed by atoms with Gasteiger partial charge in [-0.25, -0.2) is 4.98 Å².